The van der Waals surface area contributed by atoms with Crippen LogP contribution >= 0.6 is 0 Å². The molecule has 0 amide bonds. The van der Waals surface area contributed by atoms with Crippen molar-refractivity contribution in [1.29, 1.82) is 0 Å². The number of rotatable bonds is 7. The van der Waals surface area contributed by atoms with Crippen LogP contribution in [0.1, 0.15) is 39.5 Å². The average molecular weight is 257 g/mol. The molecule has 0 heterocycles. The minimum absolute atomic E-state index is 0.0856. The van der Waals surface area contributed by atoms with Gasteiger partial charge in [-0.05, 0) is 19.8 Å². The van der Waals surface area contributed by atoms with Crippen LogP contribution in [-0.4, -0.2) is 29.8 Å². The number of ketones is 1. The molecule has 0 aromatic carbocycles. The third kappa shape index (κ3) is 14.0. The van der Waals surface area contributed by atoms with E-state index in [4.69, 9.17) is 0 Å². The van der Waals surface area contributed by atoms with E-state index in [2.05, 4.69) is 4.99 Å². The van der Waals surface area contributed by atoms with Crippen LogP contribution in [-0.2, 0) is 19.2 Å². The zero-order chi connectivity index (χ0) is 14.6. The Labute approximate surface area is 105 Å². The Morgan fingerprint density at radius 1 is 1.22 bits per heavy atom. The molecule has 1 atom stereocenters. The summed E-state index contributed by atoms with van der Waals surface area (Å²) in [6.07, 6.45) is 2.10. The molecular weight excluding hydrogens is 242 g/mol. The smallest absolute Gasteiger partial charge is 0.235 e. The normalized spacial score (nSPS) is 10.3. The Kier molecular flexibility index (Phi) is 11.7. The van der Waals surface area contributed by atoms with Gasteiger partial charge in [-0.2, -0.15) is 4.99 Å². The molecule has 7 heteroatoms. The highest BCUT2D eigenvalue weighted by Crippen LogP contribution is 1.98. The van der Waals surface area contributed by atoms with Crippen LogP contribution in [0.15, 0.2) is 4.99 Å². The molecule has 102 valence electrons. The number of hydrogen-bond acceptors (Lipinski definition) is 7. The van der Waals surface area contributed by atoms with E-state index in [9.17, 15) is 29.4 Å². The van der Waals surface area contributed by atoms with E-state index in [1.54, 1.807) is 6.92 Å². The number of hydrogen-bond donors (Lipinski definition) is 0. The highest BCUT2D eigenvalue weighted by Gasteiger charge is 2.04. The van der Waals surface area contributed by atoms with Gasteiger partial charge in [0.05, 0.1) is 5.97 Å². The van der Waals surface area contributed by atoms with E-state index in [0.29, 0.717) is 12.8 Å². The van der Waals surface area contributed by atoms with Crippen LogP contribution in [0.4, 0.5) is 0 Å². The lowest BCUT2D eigenvalue weighted by atomic mass is 10.2. The van der Waals surface area contributed by atoms with Crippen LogP contribution in [0.25, 0.3) is 0 Å². The summed E-state index contributed by atoms with van der Waals surface area (Å²) in [6, 6.07) is -1.01. The van der Waals surface area contributed by atoms with E-state index in [-0.39, 0.29) is 18.6 Å². The molecule has 18 heavy (non-hydrogen) atoms. The standard InChI is InChI=1S/C6H9NO3.C5H8O3/c1-2-3-5(6(9)10)7-4-8;1-4(6)2-3-5(7)8/h5H,2-3H2,1H3,(H,9,10);2-3H2,1H3,(H,7,8)/p-2. The fraction of sp³-hybridized carbons (Fsp3) is 0.636. The first kappa shape index (κ1) is 18.4. The van der Waals surface area contributed by atoms with Crippen molar-refractivity contribution in [1.82, 2.24) is 0 Å². The first-order chi connectivity index (χ1) is 8.34. The van der Waals surface area contributed by atoms with Crippen molar-refractivity contribution in [3.63, 3.8) is 0 Å². The van der Waals surface area contributed by atoms with Crippen molar-refractivity contribution in [3.05, 3.63) is 0 Å². The zero-order valence-electron chi connectivity index (χ0n) is 10.3. The van der Waals surface area contributed by atoms with Gasteiger partial charge in [-0.3, -0.25) is 0 Å². The number of carbonyl (C=O) groups is 3. The van der Waals surface area contributed by atoms with Gasteiger partial charge in [0, 0.05) is 12.4 Å². The number of carbonyl (C=O) groups excluding carboxylic acids is 4. The third-order valence-electron chi connectivity index (χ3n) is 1.72. The Morgan fingerprint density at radius 2 is 1.78 bits per heavy atom. The number of nitrogens with zero attached hydrogens (tertiary/aromatic N) is 1. The van der Waals surface area contributed by atoms with Gasteiger partial charge in [0.1, 0.15) is 11.8 Å². The minimum Gasteiger partial charge on any atom is -0.550 e. The van der Waals surface area contributed by atoms with E-state index in [1.165, 1.54) is 13.0 Å². The van der Waals surface area contributed by atoms with E-state index >= 15 is 0 Å². The van der Waals surface area contributed by atoms with Crippen LogP contribution in [0.3, 0.4) is 0 Å². The van der Waals surface area contributed by atoms with E-state index in [0.717, 1.165) is 0 Å². The molecule has 0 bridgehead atoms. The van der Waals surface area contributed by atoms with E-state index in [1.807, 2.05) is 0 Å². The van der Waals surface area contributed by atoms with Crippen molar-refractivity contribution in [2.24, 2.45) is 4.99 Å². The highest BCUT2D eigenvalue weighted by molar-refractivity contribution is 5.79. The Balaban J connectivity index is 0. The first-order valence-electron chi connectivity index (χ1n) is 5.32. The second kappa shape index (κ2) is 11.5. The molecule has 0 spiro atoms. The van der Waals surface area contributed by atoms with Crippen LogP contribution in [0.2, 0.25) is 0 Å². The molecule has 1 unspecified atom stereocenters. The molecule has 0 saturated carbocycles. The molecule has 0 aromatic rings. The molecule has 0 fully saturated rings. The van der Waals surface area contributed by atoms with Crippen molar-refractivity contribution < 1.29 is 29.4 Å². The summed E-state index contributed by atoms with van der Waals surface area (Å²) >= 11 is 0. The summed E-state index contributed by atoms with van der Waals surface area (Å²) in [5, 5.41) is 19.7. The first-order valence-corrected chi connectivity index (χ1v) is 5.32. The molecule has 0 aliphatic carbocycles. The predicted molar refractivity (Wildman–Crippen MR) is 56.7 cm³/mol. The maximum Gasteiger partial charge on any atom is 0.235 e. The molecule has 0 aromatic heterocycles. The maximum absolute atomic E-state index is 10.1. The molecule has 0 radical (unpaired) electrons. The lowest BCUT2D eigenvalue weighted by Gasteiger charge is -2.08. The summed E-state index contributed by atoms with van der Waals surface area (Å²) in [4.78, 5) is 42.5. The summed E-state index contributed by atoms with van der Waals surface area (Å²) < 4.78 is 0. The molecule has 0 aliphatic heterocycles. The maximum atomic E-state index is 10.1. The minimum atomic E-state index is -1.31. The summed E-state index contributed by atoms with van der Waals surface area (Å²) in [5.74, 6) is -2.60. The van der Waals surface area contributed by atoms with Gasteiger partial charge in [0.25, 0.3) is 0 Å². The Bertz CT molecular complexity index is 316. The highest BCUT2D eigenvalue weighted by atomic mass is 16.4. The molecule has 7 nitrogen and oxygen atoms in total. The molecule has 0 saturated heterocycles. The third-order valence-corrected chi connectivity index (χ3v) is 1.72. The summed E-state index contributed by atoms with van der Waals surface area (Å²) in [6.45, 7) is 3.15. The van der Waals surface area contributed by atoms with Crippen molar-refractivity contribution in [3.8, 4) is 0 Å². The fourth-order valence-corrected chi connectivity index (χ4v) is 0.850. The quantitative estimate of drug-likeness (QED) is 0.397. The fourth-order valence-electron chi connectivity index (χ4n) is 0.850. The molecule has 0 N–H and O–H groups in total. The second-order valence-corrected chi connectivity index (χ2v) is 3.42. The van der Waals surface area contributed by atoms with Crippen molar-refractivity contribution in [2.45, 2.75) is 45.6 Å². The van der Waals surface area contributed by atoms with Crippen molar-refractivity contribution >= 4 is 23.8 Å². The number of isocyanates is 1. The van der Waals surface area contributed by atoms with Crippen molar-refractivity contribution in [2.75, 3.05) is 0 Å². The molecular formula is C11H15NO6-2. The van der Waals surface area contributed by atoms with Gasteiger partial charge in [0.2, 0.25) is 6.08 Å². The van der Waals surface area contributed by atoms with Gasteiger partial charge < -0.3 is 24.6 Å². The predicted octanol–water partition coefficient (Wildman–Crippen LogP) is -1.65. The van der Waals surface area contributed by atoms with Gasteiger partial charge in [0.15, 0.2) is 0 Å². The van der Waals surface area contributed by atoms with Crippen LogP contribution < -0.4 is 10.2 Å². The lowest BCUT2D eigenvalue weighted by Crippen LogP contribution is -2.34. The van der Waals surface area contributed by atoms with Crippen LogP contribution in [0, 0.1) is 0 Å². The SMILES string of the molecule is CC(=O)CCC(=O)[O-].CCCC(N=C=O)C(=O)[O-]. The zero-order valence-corrected chi connectivity index (χ0v) is 10.3. The Morgan fingerprint density at radius 3 is 2.00 bits per heavy atom. The van der Waals surface area contributed by atoms with Crippen LogP contribution in [0.5, 0.6) is 0 Å². The molecule has 0 rings (SSSR count). The van der Waals surface area contributed by atoms with Gasteiger partial charge in [-0.15, -0.1) is 0 Å². The number of aliphatic imine (C=N–C) groups is 1. The number of carboxylic acid groups (broad SMARTS) is 2. The number of carboxylic acids is 2. The number of aliphatic carboxylic acids is 2. The van der Waals surface area contributed by atoms with E-state index < -0.39 is 18.0 Å². The summed E-state index contributed by atoms with van der Waals surface area (Å²) in [5.41, 5.74) is 0. The molecule has 0 aliphatic rings. The lowest BCUT2D eigenvalue weighted by molar-refractivity contribution is -0.308. The topological polar surface area (TPSA) is 127 Å². The number of Topliss-reactive ketones (excluding diaryl/α,β-unsaturated/α-hetero) is 1. The average Bonchev–Trinajstić information content (AvgIpc) is 2.27. The van der Waals surface area contributed by atoms with Gasteiger partial charge in [-0.1, -0.05) is 13.3 Å². The van der Waals surface area contributed by atoms with Gasteiger partial charge in [-0.25, -0.2) is 4.79 Å². The monoisotopic (exact) mass is 257 g/mol. The second-order valence-electron chi connectivity index (χ2n) is 3.42. The Hall–Kier alpha value is -2.01. The van der Waals surface area contributed by atoms with Gasteiger partial charge >= 0.3 is 0 Å². The largest absolute Gasteiger partial charge is 0.550 e. The summed E-state index contributed by atoms with van der Waals surface area (Å²) in [7, 11) is 0.